The minimum absolute atomic E-state index is 0.00519. The Labute approximate surface area is 205 Å². The number of carbonyl (C=O) groups is 4. The lowest BCUT2D eigenvalue weighted by molar-refractivity contribution is -0.151. The van der Waals surface area contributed by atoms with Crippen LogP contribution in [0.2, 0.25) is 0 Å². The molecular formula is C25H33N3O7. The van der Waals surface area contributed by atoms with Gasteiger partial charge in [0.2, 0.25) is 5.91 Å². The van der Waals surface area contributed by atoms with Crippen LogP contribution in [0.25, 0.3) is 0 Å². The van der Waals surface area contributed by atoms with Gasteiger partial charge in [0.1, 0.15) is 23.8 Å². The first kappa shape index (κ1) is 26.1. The molecule has 1 aromatic rings. The van der Waals surface area contributed by atoms with Crippen LogP contribution in [-0.4, -0.2) is 71.3 Å². The third kappa shape index (κ3) is 6.52. The number of carbonyl (C=O) groups excluding carboxylic acids is 4. The van der Waals surface area contributed by atoms with Crippen LogP contribution in [0, 0.1) is 0 Å². The molecule has 35 heavy (non-hydrogen) atoms. The number of nitrogens with one attached hydrogen (secondary N) is 1. The Hall–Kier alpha value is -3.56. The maximum absolute atomic E-state index is 13.4. The Morgan fingerprint density at radius 1 is 1.17 bits per heavy atom. The molecule has 1 aromatic carbocycles. The molecule has 0 radical (unpaired) electrons. The van der Waals surface area contributed by atoms with Crippen LogP contribution in [0.3, 0.4) is 0 Å². The van der Waals surface area contributed by atoms with Gasteiger partial charge in [0, 0.05) is 19.5 Å². The largest absolute Gasteiger partial charge is 0.467 e. The molecule has 0 unspecified atom stereocenters. The summed E-state index contributed by atoms with van der Waals surface area (Å²) in [6.07, 6.45) is -0.269. The highest BCUT2D eigenvalue weighted by Crippen LogP contribution is 2.27. The number of benzene rings is 1. The van der Waals surface area contributed by atoms with Gasteiger partial charge in [-0.15, -0.1) is 6.58 Å². The zero-order valence-corrected chi connectivity index (χ0v) is 20.6. The second-order valence-electron chi connectivity index (χ2n) is 9.62. The van der Waals surface area contributed by atoms with Gasteiger partial charge in [0.05, 0.1) is 13.7 Å². The summed E-state index contributed by atoms with van der Waals surface area (Å²) in [4.78, 5) is 53.8. The highest BCUT2D eigenvalue weighted by molar-refractivity contribution is 5.90. The zero-order chi connectivity index (χ0) is 25.8. The number of amides is 3. The van der Waals surface area contributed by atoms with Gasteiger partial charge in [-0.25, -0.2) is 14.4 Å². The Balaban J connectivity index is 1.68. The molecule has 10 heteroatoms. The lowest BCUT2D eigenvalue weighted by Crippen LogP contribution is -2.52. The first-order chi connectivity index (χ1) is 16.5. The normalized spacial score (nSPS) is 20.0. The second-order valence-corrected chi connectivity index (χ2v) is 9.62. The molecule has 2 heterocycles. The molecule has 3 atom stereocenters. The summed E-state index contributed by atoms with van der Waals surface area (Å²) in [6.45, 7) is 9.65. The van der Waals surface area contributed by atoms with E-state index in [0.29, 0.717) is 13.1 Å². The van der Waals surface area contributed by atoms with E-state index in [1.807, 2.05) is 24.3 Å². The number of hydrogen-bond acceptors (Lipinski definition) is 7. The Kier molecular flexibility index (Phi) is 8.03. The fraction of sp³-hybridized carbons (Fsp3) is 0.520. The number of fused-ring (bicyclic) bond motifs is 1. The lowest BCUT2D eigenvalue weighted by Gasteiger charge is -2.28. The fourth-order valence-electron chi connectivity index (χ4n) is 4.20. The number of nitrogens with zero attached hydrogens (tertiary/aromatic N) is 2. The third-order valence-corrected chi connectivity index (χ3v) is 5.78. The monoisotopic (exact) mass is 487 g/mol. The summed E-state index contributed by atoms with van der Waals surface area (Å²) in [5.41, 5.74) is 1.36. The molecule has 2 aliphatic heterocycles. The topological polar surface area (TPSA) is 114 Å². The van der Waals surface area contributed by atoms with Gasteiger partial charge in [-0.1, -0.05) is 30.3 Å². The van der Waals surface area contributed by atoms with Crippen molar-refractivity contribution in [2.24, 2.45) is 0 Å². The van der Waals surface area contributed by atoms with Gasteiger partial charge in [-0.05, 0) is 38.3 Å². The molecule has 0 aromatic heterocycles. The van der Waals surface area contributed by atoms with Crippen LogP contribution in [0.15, 0.2) is 36.9 Å². The number of hydrogen-bond donors (Lipinski definition) is 1. The van der Waals surface area contributed by atoms with Crippen LogP contribution in [0.1, 0.15) is 44.7 Å². The molecule has 0 aliphatic carbocycles. The quantitative estimate of drug-likeness (QED) is 0.373. The van der Waals surface area contributed by atoms with Crippen molar-refractivity contribution in [1.29, 1.82) is 0 Å². The average Bonchev–Trinajstić information content (AvgIpc) is 3.41. The van der Waals surface area contributed by atoms with Gasteiger partial charge in [-0.3, -0.25) is 9.69 Å². The summed E-state index contributed by atoms with van der Waals surface area (Å²) in [7, 11) is 1.23. The number of methoxy groups -OCH3 is 1. The number of likely N-dealkylation sites (tertiary alicyclic amines) is 1. The van der Waals surface area contributed by atoms with Crippen LogP contribution >= 0.6 is 0 Å². The van der Waals surface area contributed by atoms with Crippen LogP contribution in [0.4, 0.5) is 9.59 Å². The van der Waals surface area contributed by atoms with Gasteiger partial charge >= 0.3 is 18.2 Å². The molecule has 3 amide bonds. The van der Waals surface area contributed by atoms with Crippen molar-refractivity contribution in [3.63, 3.8) is 0 Å². The summed E-state index contributed by atoms with van der Waals surface area (Å²) in [6, 6.07) is 5.80. The Morgan fingerprint density at radius 2 is 1.80 bits per heavy atom. The molecular weight excluding hydrogens is 454 g/mol. The summed E-state index contributed by atoms with van der Waals surface area (Å²) in [5, 5.41) is 2.55. The Bertz CT molecular complexity index is 963. The molecule has 1 fully saturated rings. The van der Waals surface area contributed by atoms with Crippen molar-refractivity contribution in [2.75, 3.05) is 13.7 Å². The maximum atomic E-state index is 13.4. The SMILES string of the molecule is C=CC[C@H](NC(=O)OC(C)(C)C)C(=O)N1C[C@H](OC(=O)N2Cc3ccccc3C2)C[C@H]1C(=O)OC. The van der Waals surface area contributed by atoms with Crippen LogP contribution < -0.4 is 5.32 Å². The number of alkyl carbamates (subject to hydrolysis) is 1. The summed E-state index contributed by atoms with van der Waals surface area (Å²) < 4.78 is 15.8. The van der Waals surface area contributed by atoms with E-state index in [-0.39, 0.29) is 19.4 Å². The first-order valence-corrected chi connectivity index (χ1v) is 11.5. The van der Waals surface area contributed by atoms with Gasteiger partial charge in [0.15, 0.2) is 0 Å². The minimum atomic E-state index is -1.00. The van der Waals surface area contributed by atoms with E-state index in [2.05, 4.69) is 11.9 Å². The molecule has 0 bridgehead atoms. The minimum Gasteiger partial charge on any atom is -0.467 e. The van der Waals surface area contributed by atoms with E-state index in [4.69, 9.17) is 14.2 Å². The third-order valence-electron chi connectivity index (χ3n) is 5.78. The predicted molar refractivity (Wildman–Crippen MR) is 126 cm³/mol. The van der Waals surface area contributed by atoms with E-state index < -0.39 is 47.9 Å². The smallest absolute Gasteiger partial charge is 0.410 e. The van der Waals surface area contributed by atoms with Crippen LogP contribution in [-0.2, 0) is 36.9 Å². The average molecular weight is 488 g/mol. The first-order valence-electron chi connectivity index (χ1n) is 11.5. The maximum Gasteiger partial charge on any atom is 0.410 e. The molecule has 1 saturated heterocycles. The molecule has 0 spiro atoms. The lowest BCUT2D eigenvalue weighted by atomic mass is 10.1. The van der Waals surface area contributed by atoms with Gasteiger partial charge in [0.25, 0.3) is 0 Å². The number of ether oxygens (including phenoxy) is 3. The van der Waals surface area contributed by atoms with Crippen molar-refractivity contribution in [2.45, 2.75) is 70.5 Å². The van der Waals surface area contributed by atoms with Crippen LogP contribution in [0.5, 0.6) is 0 Å². The van der Waals surface area contributed by atoms with E-state index in [1.165, 1.54) is 18.1 Å². The van der Waals surface area contributed by atoms with Crippen molar-refractivity contribution in [3.05, 3.63) is 48.0 Å². The number of esters is 1. The standard InChI is InChI=1S/C25H33N3O7/c1-6-9-19(26-23(31)35-25(2,3)4)21(29)28-15-18(12-20(28)22(30)33-5)34-24(32)27-13-16-10-7-8-11-17(16)14-27/h6-8,10-11,18-20H,1,9,12-15H2,2-5H3,(H,26,31)/t18-,19+,20+/m1/s1. The molecule has 1 N–H and O–H groups in total. The summed E-state index contributed by atoms with van der Waals surface area (Å²) in [5.74, 6) is -1.14. The van der Waals surface area contributed by atoms with E-state index in [9.17, 15) is 19.2 Å². The van der Waals surface area contributed by atoms with Gasteiger partial charge < -0.3 is 24.4 Å². The van der Waals surface area contributed by atoms with E-state index in [1.54, 1.807) is 25.7 Å². The fourth-order valence-corrected chi connectivity index (χ4v) is 4.20. The molecule has 3 rings (SSSR count). The Morgan fingerprint density at radius 3 is 2.34 bits per heavy atom. The molecule has 2 aliphatic rings. The van der Waals surface area contributed by atoms with Crippen molar-refractivity contribution in [1.82, 2.24) is 15.1 Å². The summed E-state index contributed by atoms with van der Waals surface area (Å²) >= 11 is 0. The predicted octanol–water partition coefficient (Wildman–Crippen LogP) is 2.75. The zero-order valence-electron chi connectivity index (χ0n) is 20.6. The van der Waals surface area contributed by atoms with Crippen molar-refractivity contribution in [3.8, 4) is 0 Å². The van der Waals surface area contributed by atoms with Crippen molar-refractivity contribution >= 4 is 24.1 Å². The van der Waals surface area contributed by atoms with Crippen molar-refractivity contribution < 1.29 is 33.4 Å². The molecule has 10 nitrogen and oxygen atoms in total. The van der Waals surface area contributed by atoms with E-state index in [0.717, 1.165) is 11.1 Å². The molecule has 190 valence electrons. The number of rotatable bonds is 6. The van der Waals surface area contributed by atoms with E-state index >= 15 is 0 Å². The second kappa shape index (κ2) is 10.8. The highest BCUT2D eigenvalue weighted by atomic mass is 16.6. The highest BCUT2D eigenvalue weighted by Gasteiger charge is 2.44. The van der Waals surface area contributed by atoms with Gasteiger partial charge in [-0.2, -0.15) is 0 Å². The molecule has 0 saturated carbocycles.